The highest BCUT2D eigenvalue weighted by Gasteiger charge is 2.28. The average Bonchev–Trinajstić information content (AvgIpc) is 3.25. The molecule has 8 heteroatoms. The van der Waals surface area contributed by atoms with Crippen molar-refractivity contribution >= 4 is 52.4 Å². The van der Waals surface area contributed by atoms with Crippen molar-refractivity contribution in [2.24, 2.45) is 0 Å². The first-order valence-corrected chi connectivity index (χ1v) is 11.3. The molecule has 0 atom stereocenters. The molecule has 0 spiro atoms. The number of benzene rings is 3. The van der Waals surface area contributed by atoms with Crippen LogP contribution in [0.2, 0.25) is 5.02 Å². The number of halogens is 1. The van der Waals surface area contributed by atoms with E-state index in [1.54, 1.807) is 28.8 Å². The van der Waals surface area contributed by atoms with Crippen LogP contribution in [0.15, 0.2) is 92.2 Å². The molecular weight excluding hydrogens is 438 g/mol. The predicted molar refractivity (Wildman–Crippen MR) is 120 cm³/mol. The van der Waals surface area contributed by atoms with E-state index in [4.69, 9.17) is 16.0 Å². The fraction of sp³-hybridized carbons (Fsp3) is 0.0455. The molecule has 0 bridgehead atoms. The Morgan fingerprint density at radius 2 is 1.57 bits per heavy atom. The predicted octanol–water partition coefficient (Wildman–Crippen LogP) is 6.31. The van der Waals surface area contributed by atoms with Crippen molar-refractivity contribution in [1.82, 2.24) is 10.2 Å². The first-order chi connectivity index (χ1) is 14.7. The molecule has 0 radical (unpaired) electrons. The molecule has 0 unspecified atom stereocenters. The number of hydrogen-bond acceptors (Lipinski definition) is 6. The van der Waals surface area contributed by atoms with E-state index >= 15 is 0 Å². The monoisotopic (exact) mass is 451 g/mol. The van der Waals surface area contributed by atoms with E-state index in [9.17, 15) is 4.79 Å². The van der Waals surface area contributed by atoms with Crippen LogP contribution in [0.4, 0.5) is 11.4 Å². The van der Waals surface area contributed by atoms with Gasteiger partial charge in [-0.15, -0.1) is 10.2 Å². The van der Waals surface area contributed by atoms with Gasteiger partial charge >= 0.3 is 0 Å². The van der Waals surface area contributed by atoms with Gasteiger partial charge < -0.3 is 4.42 Å². The standard InChI is InChI=1S/C22H14ClN3O2S2/c23-15-11-9-14(10-12-15)21-24-25-22(28-21)29-13-20(27)26-16-5-1-3-7-18(16)30-19-8-4-2-6-17(19)26/h1-12H,13H2. The van der Waals surface area contributed by atoms with Gasteiger partial charge in [0, 0.05) is 20.4 Å². The number of anilines is 2. The number of hydrogen-bond donors (Lipinski definition) is 0. The fourth-order valence-corrected chi connectivity index (χ4v) is 4.93. The zero-order valence-electron chi connectivity index (χ0n) is 15.5. The Balaban J connectivity index is 1.36. The van der Waals surface area contributed by atoms with E-state index < -0.39 is 0 Å². The smallest absolute Gasteiger partial charge is 0.277 e. The third-order valence-electron chi connectivity index (χ3n) is 4.50. The molecule has 0 saturated carbocycles. The van der Waals surface area contributed by atoms with Crippen molar-refractivity contribution in [1.29, 1.82) is 0 Å². The van der Waals surface area contributed by atoms with Crippen LogP contribution in [0.1, 0.15) is 0 Å². The third kappa shape index (κ3) is 3.71. The largest absolute Gasteiger partial charge is 0.411 e. The molecular formula is C22H14ClN3O2S2. The van der Waals surface area contributed by atoms with Gasteiger partial charge in [-0.1, -0.05) is 59.4 Å². The second-order valence-corrected chi connectivity index (χ2v) is 8.88. The van der Waals surface area contributed by atoms with E-state index in [0.717, 1.165) is 26.7 Å². The van der Waals surface area contributed by atoms with E-state index in [1.165, 1.54) is 11.8 Å². The normalized spacial score (nSPS) is 12.4. The van der Waals surface area contributed by atoms with Crippen LogP contribution >= 0.6 is 35.1 Å². The summed E-state index contributed by atoms with van der Waals surface area (Å²) >= 11 is 8.82. The van der Waals surface area contributed by atoms with Crippen molar-refractivity contribution in [3.63, 3.8) is 0 Å². The number of para-hydroxylation sites is 2. The highest BCUT2D eigenvalue weighted by atomic mass is 35.5. The Morgan fingerprint density at radius 1 is 0.933 bits per heavy atom. The lowest BCUT2D eigenvalue weighted by atomic mass is 10.2. The first-order valence-electron chi connectivity index (χ1n) is 9.10. The summed E-state index contributed by atoms with van der Waals surface area (Å²) in [6, 6.07) is 23.0. The summed E-state index contributed by atoms with van der Waals surface area (Å²) < 4.78 is 5.71. The summed E-state index contributed by atoms with van der Waals surface area (Å²) in [4.78, 5) is 17.1. The molecule has 0 aliphatic carbocycles. The first kappa shape index (κ1) is 19.2. The third-order valence-corrected chi connectivity index (χ3v) is 6.68. The SMILES string of the molecule is O=C(CSc1nnc(-c2ccc(Cl)cc2)o1)N1c2ccccc2Sc2ccccc21. The topological polar surface area (TPSA) is 59.2 Å². The summed E-state index contributed by atoms with van der Waals surface area (Å²) in [5.74, 6) is 0.522. The fourth-order valence-electron chi connectivity index (χ4n) is 3.14. The molecule has 2 heterocycles. The van der Waals surface area contributed by atoms with E-state index in [0.29, 0.717) is 16.1 Å². The molecule has 0 fully saturated rings. The van der Waals surface area contributed by atoms with Crippen LogP contribution in [0.25, 0.3) is 11.5 Å². The molecule has 0 N–H and O–H groups in total. The minimum atomic E-state index is -0.0496. The van der Waals surface area contributed by atoms with Crippen molar-refractivity contribution in [3.8, 4) is 11.5 Å². The summed E-state index contributed by atoms with van der Waals surface area (Å²) in [6.45, 7) is 0. The number of fused-ring (bicyclic) bond motifs is 2. The van der Waals surface area contributed by atoms with E-state index in [-0.39, 0.29) is 11.7 Å². The number of carbonyl (C=O) groups is 1. The molecule has 4 aromatic rings. The Hall–Kier alpha value is -2.74. The van der Waals surface area contributed by atoms with Gasteiger partial charge in [-0.05, 0) is 48.5 Å². The van der Waals surface area contributed by atoms with Crippen molar-refractivity contribution < 1.29 is 9.21 Å². The Morgan fingerprint density at radius 3 is 2.23 bits per heavy atom. The van der Waals surface area contributed by atoms with Gasteiger partial charge in [0.1, 0.15) is 0 Å². The molecule has 3 aromatic carbocycles. The summed E-state index contributed by atoms with van der Waals surface area (Å²) in [5, 5.41) is 9.11. The average molecular weight is 452 g/mol. The second kappa shape index (κ2) is 8.18. The van der Waals surface area contributed by atoms with Gasteiger partial charge in [0.15, 0.2) is 0 Å². The zero-order valence-corrected chi connectivity index (χ0v) is 17.9. The van der Waals surface area contributed by atoms with Gasteiger partial charge in [0.05, 0.1) is 17.1 Å². The van der Waals surface area contributed by atoms with Crippen molar-refractivity contribution in [2.45, 2.75) is 15.0 Å². The van der Waals surface area contributed by atoms with E-state index in [2.05, 4.69) is 10.2 Å². The number of thioether (sulfide) groups is 1. The van der Waals surface area contributed by atoms with Crippen LogP contribution in [-0.2, 0) is 4.79 Å². The lowest BCUT2D eigenvalue weighted by Crippen LogP contribution is -2.29. The Labute approximate surface area is 186 Å². The van der Waals surface area contributed by atoms with Crippen LogP contribution in [-0.4, -0.2) is 21.9 Å². The molecule has 1 aromatic heterocycles. The second-order valence-electron chi connectivity index (χ2n) is 6.44. The lowest BCUT2D eigenvalue weighted by molar-refractivity contribution is -0.115. The number of aromatic nitrogens is 2. The summed E-state index contributed by atoms with van der Waals surface area (Å²) in [7, 11) is 0. The molecule has 148 valence electrons. The highest BCUT2D eigenvalue weighted by molar-refractivity contribution is 8.00. The lowest BCUT2D eigenvalue weighted by Gasteiger charge is -2.30. The maximum atomic E-state index is 13.2. The molecule has 5 rings (SSSR count). The maximum Gasteiger partial charge on any atom is 0.277 e. The summed E-state index contributed by atoms with van der Waals surface area (Å²) in [5.41, 5.74) is 2.55. The van der Waals surface area contributed by atoms with Crippen LogP contribution in [0, 0.1) is 0 Å². The quantitative estimate of drug-likeness (QED) is 0.339. The maximum absolute atomic E-state index is 13.2. The number of rotatable bonds is 4. The minimum Gasteiger partial charge on any atom is -0.411 e. The van der Waals surface area contributed by atoms with Gasteiger partial charge in [0.25, 0.3) is 5.22 Å². The summed E-state index contributed by atoms with van der Waals surface area (Å²) in [6.07, 6.45) is 0. The number of nitrogens with zero attached hydrogens (tertiary/aromatic N) is 3. The molecule has 0 saturated heterocycles. The molecule has 1 amide bonds. The molecule has 5 nitrogen and oxygen atoms in total. The molecule has 30 heavy (non-hydrogen) atoms. The molecule has 1 aliphatic rings. The molecule has 1 aliphatic heterocycles. The van der Waals surface area contributed by atoms with Gasteiger partial charge in [-0.25, -0.2) is 0 Å². The number of carbonyl (C=O) groups excluding carboxylic acids is 1. The van der Waals surface area contributed by atoms with Crippen LogP contribution in [0.3, 0.4) is 0 Å². The van der Waals surface area contributed by atoms with Gasteiger partial charge in [0.2, 0.25) is 11.8 Å². The number of amides is 1. The Kier molecular flexibility index (Phi) is 5.25. The van der Waals surface area contributed by atoms with Gasteiger partial charge in [-0.2, -0.15) is 0 Å². The Bertz CT molecular complexity index is 1180. The van der Waals surface area contributed by atoms with E-state index in [1.807, 2.05) is 60.7 Å². The highest BCUT2D eigenvalue weighted by Crippen LogP contribution is 2.48. The zero-order chi connectivity index (χ0) is 20.5. The van der Waals surface area contributed by atoms with Crippen LogP contribution < -0.4 is 4.90 Å². The van der Waals surface area contributed by atoms with Crippen molar-refractivity contribution in [2.75, 3.05) is 10.7 Å². The van der Waals surface area contributed by atoms with Crippen LogP contribution in [0.5, 0.6) is 0 Å². The minimum absolute atomic E-state index is 0.0496. The van der Waals surface area contributed by atoms with Gasteiger partial charge in [-0.3, -0.25) is 9.69 Å². The van der Waals surface area contributed by atoms with Crippen molar-refractivity contribution in [3.05, 3.63) is 77.8 Å².